The van der Waals surface area contributed by atoms with Crippen LogP contribution in [0.2, 0.25) is 0 Å². The van der Waals surface area contributed by atoms with Crippen molar-refractivity contribution in [2.75, 3.05) is 12.8 Å². The number of methoxy groups -OCH3 is 1. The number of nitrogens with two attached hydrogens (primary N) is 1. The molecule has 0 saturated carbocycles. The Morgan fingerprint density at radius 1 is 1.17 bits per heavy atom. The van der Waals surface area contributed by atoms with Crippen LogP contribution < -0.4 is 15.2 Å². The zero-order valence-electron chi connectivity index (χ0n) is 15.8. The van der Waals surface area contributed by atoms with Crippen molar-refractivity contribution in [2.24, 2.45) is 0 Å². The highest BCUT2D eigenvalue weighted by atomic mass is 32.2. The van der Waals surface area contributed by atoms with Gasteiger partial charge in [-0.3, -0.25) is 10.1 Å². The monoisotopic (exact) mass is 432 g/mol. The van der Waals surface area contributed by atoms with Gasteiger partial charge in [-0.05, 0) is 37.3 Å². The molecule has 0 aliphatic carbocycles. The average Bonchev–Trinajstić information content (AvgIpc) is 3.08. The highest BCUT2D eigenvalue weighted by Gasteiger charge is 2.24. The summed E-state index contributed by atoms with van der Waals surface area (Å²) >= 11 is 0. The number of anilines is 1. The molecule has 11 nitrogen and oxygen atoms in total. The maximum Gasteiger partial charge on any atom is 0.345 e. The number of nitro groups is 1. The lowest BCUT2D eigenvalue weighted by Crippen LogP contribution is -2.17. The zero-order valence-corrected chi connectivity index (χ0v) is 16.6. The summed E-state index contributed by atoms with van der Waals surface area (Å²) in [5.74, 6) is -1.16. The number of nitro benzene ring substituents is 1. The van der Waals surface area contributed by atoms with Gasteiger partial charge in [-0.1, -0.05) is 6.07 Å². The first-order valence-corrected chi connectivity index (χ1v) is 9.80. The minimum Gasteiger partial charge on any atom is -0.497 e. The molecule has 0 saturated heterocycles. The van der Waals surface area contributed by atoms with E-state index in [1.165, 1.54) is 50.4 Å². The molecule has 0 radical (unpaired) electrons. The van der Waals surface area contributed by atoms with Crippen LogP contribution in [0.3, 0.4) is 0 Å². The largest absolute Gasteiger partial charge is 0.497 e. The molecule has 0 atom stereocenters. The van der Waals surface area contributed by atoms with Crippen LogP contribution in [0.5, 0.6) is 11.6 Å². The van der Waals surface area contributed by atoms with Crippen LogP contribution >= 0.6 is 0 Å². The van der Waals surface area contributed by atoms with E-state index in [1.54, 1.807) is 0 Å². The van der Waals surface area contributed by atoms with E-state index in [4.69, 9.17) is 15.2 Å². The van der Waals surface area contributed by atoms with E-state index in [9.17, 15) is 23.3 Å². The molecule has 2 N–H and O–H groups in total. The zero-order chi connectivity index (χ0) is 22.1. The van der Waals surface area contributed by atoms with Gasteiger partial charge in [0.05, 0.1) is 22.5 Å². The summed E-state index contributed by atoms with van der Waals surface area (Å²) < 4.78 is 36.0. The van der Waals surface area contributed by atoms with E-state index < -0.39 is 20.9 Å². The Balaban J connectivity index is 1.88. The third-order valence-electron chi connectivity index (χ3n) is 4.11. The smallest absolute Gasteiger partial charge is 0.345 e. The van der Waals surface area contributed by atoms with Crippen molar-refractivity contribution in [2.45, 2.75) is 11.8 Å². The molecule has 0 amide bonds. The molecule has 156 valence electrons. The van der Waals surface area contributed by atoms with Crippen molar-refractivity contribution in [1.29, 1.82) is 0 Å². The second-order valence-corrected chi connectivity index (χ2v) is 7.85. The second-order valence-electron chi connectivity index (χ2n) is 6.08. The minimum absolute atomic E-state index is 0.0987. The Kier molecular flexibility index (Phi) is 5.43. The number of benzene rings is 2. The summed E-state index contributed by atoms with van der Waals surface area (Å²) in [6.45, 7) is 1.53. The van der Waals surface area contributed by atoms with E-state index >= 15 is 0 Å². The molecule has 0 fully saturated rings. The van der Waals surface area contributed by atoms with Crippen LogP contribution in [0.1, 0.15) is 15.9 Å². The summed E-state index contributed by atoms with van der Waals surface area (Å²) in [5, 5.41) is 14.8. The molecular formula is C18H16N4O7S. The molecule has 12 heteroatoms. The van der Waals surface area contributed by atoms with Crippen molar-refractivity contribution >= 4 is 27.5 Å². The van der Waals surface area contributed by atoms with Crippen molar-refractivity contribution < 1.29 is 27.6 Å². The molecule has 30 heavy (non-hydrogen) atoms. The van der Waals surface area contributed by atoms with Gasteiger partial charge in [-0.25, -0.2) is 4.79 Å². The number of hydrogen-bond acceptors (Lipinski definition) is 9. The fourth-order valence-corrected chi connectivity index (χ4v) is 3.73. The van der Waals surface area contributed by atoms with Crippen LogP contribution in [0.25, 0.3) is 0 Å². The highest BCUT2D eigenvalue weighted by Crippen LogP contribution is 2.24. The lowest BCUT2D eigenvalue weighted by atomic mass is 10.1. The number of hydrogen-bond donors (Lipinski definition) is 1. The molecule has 1 heterocycles. The lowest BCUT2D eigenvalue weighted by Gasteiger charge is -2.07. The van der Waals surface area contributed by atoms with Gasteiger partial charge in [0, 0.05) is 17.7 Å². The topological polar surface area (TPSA) is 157 Å². The van der Waals surface area contributed by atoms with E-state index in [-0.39, 0.29) is 27.8 Å². The van der Waals surface area contributed by atoms with E-state index in [0.29, 0.717) is 15.4 Å². The van der Waals surface area contributed by atoms with Gasteiger partial charge in [0.25, 0.3) is 15.7 Å². The normalized spacial score (nSPS) is 11.1. The van der Waals surface area contributed by atoms with Crippen LogP contribution in [0, 0.1) is 17.0 Å². The molecule has 2 aromatic carbocycles. The maximum atomic E-state index is 12.7. The summed E-state index contributed by atoms with van der Waals surface area (Å²) in [6.07, 6.45) is 0. The Morgan fingerprint density at radius 2 is 1.83 bits per heavy atom. The summed E-state index contributed by atoms with van der Waals surface area (Å²) in [7, 11) is -2.71. The summed E-state index contributed by atoms with van der Waals surface area (Å²) in [5.41, 5.74) is 5.75. The highest BCUT2D eigenvalue weighted by molar-refractivity contribution is 7.90. The molecule has 3 aromatic rings. The van der Waals surface area contributed by atoms with Gasteiger partial charge in [-0.15, -0.1) is 9.19 Å². The molecule has 0 aliphatic heterocycles. The van der Waals surface area contributed by atoms with Crippen molar-refractivity contribution in [3.63, 3.8) is 0 Å². The summed E-state index contributed by atoms with van der Waals surface area (Å²) in [6, 6.07) is 10.4. The van der Waals surface area contributed by atoms with Crippen LogP contribution in [0.4, 0.5) is 11.5 Å². The standard InChI is InChI=1S/C18H16N4O7S/c1-11-3-4-12(9-15(11)22(24)25)18(23)29-17-10-16(19)21(20-17)30(26,27)14-7-5-13(28-2)6-8-14/h3-10H,19H2,1-2H3. The second kappa shape index (κ2) is 7.83. The predicted molar refractivity (Wildman–Crippen MR) is 105 cm³/mol. The Bertz CT molecular complexity index is 1230. The van der Waals surface area contributed by atoms with Crippen molar-refractivity contribution in [3.8, 4) is 11.6 Å². The SMILES string of the molecule is COc1ccc(S(=O)(=O)n2nc(OC(=O)c3ccc(C)c([N+](=O)[O-])c3)cc2N)cc1. The van der Waals surface area contributed by atoms with Crippen LogP contribution in [-0.2, 0) is 10.0 Å². The number of esters is 1. The fraction of sp³-hybridized carbons (Fsp3) is 0.111. The molecule has 0 aliphatic rings. The number of nitrogens with zero attached hydrogens (tertiary/aromatic N) is 3. The van der Waals surface area contributed by atoms with Gasteiger partial charge in [0.1, 0.15) is 11.6 Å². The first-order chi connectivity index (χ1) is 14.1. The third-order valence-corrected chi connectivity index (χ3v) is 5.72. The number of aryl methyl sites for hydroxylation is 1. The fourth-order valence-electron chi connectivity index (χ4n) is 2.53. The molecule has 0 unspecified atom stereocenters. The molecular weight excluding hydrogens is 416 g/mol. The number of carbonyl (C=O) groups excluding carboxylic acids is 1. The van der Waals surface area contributed by atoms with Crippen LogP contribution in [-0.4, -0.2) is 35.6 Å². The van der Waals surface area contributed by atoms with Gasteiger partial charge in [0.2, 0.25) is 5.88 Å². The lowest BCUT2D eigenvalue weighted by molar-refractivity contribution is -0.385. The van der Waals surface area contributed by atoms with Gasteiger partial charge < -0.3 is 15.2 Å². The number of ether oxygens (including phenoxy) is 2. The number of rotatable bonds is 6. The quantitative estimate of drug-likeness (QED) is 0.350. The first-order valence-electron chi connectivity index (χ1n) is 8.36. The van der Waals surface area contributed by atoms with Gasteiger partial charge >= 0.3 is 5.97 Å². The Labute approximate surface area is 170 Å². The first kappa shape index (κ1) is 20.8. The van der Waals surface area contributed by atoms with Gasteiger partial charge in [0.15, 0.2) is 0 Å². The minimum atomic E-state index is -4.15. The number of nitrogen functional groups attached to an aromatic ring is 1. The average molecular weight is 432 g/mol. The van der Waals surface area contributed by atoms with Crippen LogP contribution in [0.15, 0.2) is 53.4 Å². The van der Waals surface area contributed by atoms with E-state index in [1.807, 2.05) is 0 Å². The Hall–Kier alpha value is -3.93. The van der Waals surface area contributed by atoms with E-state index in [2.05, 4.69) is 5.10 Å². The third kappa shape index (κ3) is 3.93. The molecule has 0 spiro atoms. The predicted octanol–water partition coefficient (Wildman–Crippen LogP) is 2.15. The number of aromatic nitrogens is 2. The summed E-state index contributed by atoms with van der Waals surface area (Å²) in [4.78, 5) is 22.6. The van der Waals surface area contributed by atoms with Crippen molar-refractivity contribution in [3.05, 3.63) is 69.8 Å². The van der Waals surface area contributed by atoms with Crippen molar-refractivity contribution in [1.82, 2.24) is 9.19 Å². The Morgan fingerprint density at radius 3 is 2.43 bits per heavy atom. The van der Waals surface area contributed by atoms with Gasteiger partial charge in [-0.2, -0.15) is 8.42 Å². The molecule has 3 rings (SSSR count). The number of carbonyl (C=O) groups is 1. The molecule has 1 aromatic heterocycles. The molecule has 0 bridgehead atoms. The maximum absolute atomic E-state index is 12.7. The van der Waals surface area contributed by atoms with E-state index in [0.717, 1.165) is 12.1 Å².